The molecular formula is C18H19N. The lowest BCUT2D eigenvalue weighted by Gasteiger charge is -2.15. The molecule has 0 unspecified atom stereocenters. The molecule has 1 aliphatic rings. The Balaban J connectivity index is 1.70. The highest BCUT2D eigenvalue weighted by atomic mass is 15.3. The average molecular weight is 249 g/mol. The number of rotatable bonds is 4. The standard InChI is InChI=1S/C18H19N/c1-14(17-11-7-4-8-12-17)19-15(2)18(19)13-16-9-5-3-6-10-16/h3-12,14,18H,2,13H2,1H3/t14-,18+,19?/m0/s1. The molecule has 0 N–H and O–H groups in total. The minimum Gasteiger partial charge on any atom is -0.358 e. The fourth-order valence-corrected chi connectivity index (χ4v) is 2.77. The van der Waals surface area contributed by atoms with E-state index < -0.39 is 0 Å². The molecule has 0 aliphatic carbocycles. The third-order valence-corrected chi connectivity index (χ3v) is 3.96. The highest BCUT2D eigenvalue weighted by molar-refractivity contribution is 5.33. The lowest BCUT2D eigenvalue weighted by Crippen LogP contribution is -2.09. The molecule has 0 bridgehead atoms. The maximum Gasteiger partial charge on any atom is 0.0728 e. The van der Waals surface area contributed by atoms with Crippen molar-refractivity contribution in [2.45, 2.75) is 25.4 Å². The molecule has 96 valence electrons. The van der Waals surface area contributed by atoms with Crippen LogP contribution in [0.3, 0.4) is 0 Å². The summed E-state index contributed by atoms with van der Waals surface area (Å²) < 4.78 is 0. The molecule has 19 heavy (non-hydrogen) atoms. The van der Waals surface area contributed by atoms with Crippen molar-refractivity contribution in [3.05, 3.63) is 84.1 Å². The summed E-state index contributed by atoms with van der Waals surface area (Å²) in [4.78, 5) is 2.42. The van der Waals surface area contributed by atoms with Gasteiger partial charge in [-0.3, -0.25) is 0 Å². The molecule has 1 aliphatic heterocycles. The second kappa shape index (κ2) is 4.93. The Hall–Kier alpha value is -2.02. The highest BCUT2D eigenvalue weighted by Gasteiger charge is 2.41. The molecule has 0 amide bonds. The van der Waals surface area contributed by atoms with Crippen molar-refractivity contribution in [2.75, 3.05) is 0 Å². The van der Waals surface area contributed by atoms with Gasteiger partial charge in [0.05, 0.1) is 12.1 Å². The number of benzene rings is 2. The summed E-state index contributed by atoms with van der Waals surface area (Å²) in [5.74, 6) is 0. The van der Waals surface area contributed by atoms with Crippen molar-refractivity contribution in [1.82, 2.24) is 4.90 Å². The van der Waals surface area contributed by atoms with E-state index >= 15 is 0 Å². The van der Waals surface area contributed by atoms with Crippen LogP contribution in [0.25, 0.3) is 0 Å². The molecular weight excluding hydrogens is 230 g/mol. The Morgan fingerprint density at radius 3 is 2.21 bits per heavy atom. The minimum atomic E-state index is 0.419. The largest absolute Gasteiger partial charge is 0.358 e. The maximum absolute atomic E-state index is 4.20. The Labute approximate surface area is 115 Å². The summed E-state index contributed by atoms with van der Waals surface area (Å²) in [7, 11) is 0. The van der Waals surface area contributed by atoms with Crippen molar-refractivity contribution in [3.63, 3.8) is 0 Å². The zero-order chi connectivity index (χ0) is 13.2. The summed E-state index contributed by atoms with van der Waals surface area (Å²) in [6.07, 6.45) is 1.07. The van der Waals surface area contributed by atoms with Crippen LogP contribution < -0.4 is 0 Å². The van der Waals surface area contributed by atoms with Crippen LogP contribution in [-0.2, 0) is 6.42 Å². The van der Waals surface area contributed by atoms with Crippen molar-refractivity contribution in [1.29, 1.82) is 0 Å². The van der Waals surface area contributed by atoms with Gasteiger partial charge in [-0.1, -0.05) is 67.2 Å². The topological polar surface area (TPSA) is 3.01 Å². The fourth-order valence-electron chi connectivity index (χ4n) is 2.77. The molecule has 1 fully saturated rings. The van der Waals surface area contributed by atoms with Gasteiger partial charge < -0.3 is 4.90 Å². The third kappa shape index (κ3) is 2.41. The molecule has 3 rings (SSSR count). The lowest BCUT2D eigenvalue weighted by molar-refractivity contribution is 0.417. The van der Waals surface area contributed by atoms with E-state index in [-0.39, 0.29) is 0 Å². The molecule has 2 aromatic rings. The second-order valence-corrected chi connectivity index (χ2v) is 5.19. The van der Waals surface area contributed by atoms with Crippen LogP contribution in [0.15, 0.2) is 72.9 Å². The molecule has 1 heterocycles. The fraction of sp³-hybridized carbons (Fsp3) is 0.222. The van der Waals surface area contributed by atoms with Gasteiger partial charge in [0, 0.05) is 5.70 Å². The zero-order valence-electron chi connectivity index (χ0n) is 11.3. The normalized spacial score (nSPS) is 19.3. The zero-order valence-corrected chi connectivity index (χ0v) is 11.3. The van der Waals surface area contributed by atoms with E-state index in [0.29, 0.717) is 12.1 Å². The molecule has 0 saturated carbocycles. The Bertz CT molecular complexity index is 559. The van der Waals surface area contributed by atoms with Crippen molar-refractivity contribution in [2.24, 2.45) is 0 Å². The van der Waals surface area contributed by atoms with Crippen molar-refractivity contribution in [3.8, 4) is 0 Å². The summed E-state index contributed by atoms with van der Waals surface area (Å²) in [6, 6.07) is 22.2. The first-order valence-corrected chi connectivity index (χ1v) is 6.83. The van der Waals surface area contributed by atoms with Gasteiger partial charge in [-0.05, 0) is 24.5 Å². The lowest BCUT2D eigenvalue weighted by atomic mass is 10.1. The molecule has 1 nitrogen and oxygen atoms in total. The van der Waals surface area contributed by atoms with Crippen molar-refractivity contribution < 1.29 is 0 Å². The quantitative estimate of drug-likeness (QED) is 0.734. The maximum atomic E-state index is 4.20. The molecule has 0 aromatic heterocycles. The summed E-state index contributed by atoms with van der Waals surface area (Å²) in [6.45, 7) is 6.45. The first-order chi connectivity index (χ1) is 9.27. The van der Waals surface area contributed by atoms with E-state index in [1.807, 2.05) is 0 Å². The van der Waals surface area contributed by atoms with Crippen LogP contribution in [0.4, 0.5) is 0 Å². The smallest absolute Gasteiger partial charge is 0.0728 e. The Morgan fingerprint density at radius 1 is 1.00 bits per heavy atom. The second-order valence-electron chi connectivity index (χ2n) is 5.19. The van der Waals surface area contributed by atoms with Crippen LogP contribution in [0.1, 0.15) is 24.1 Å². The van der Waals surface area contributed by atoms with Crippen LogP contribution in [0.5, 0.6) is 0 Å². The predicted octanol–water partition coefficient (Wildman–Crippen LogP) is 4.19. The van der Waals surface area contributed by atoms with Crippen LogP contribution in [-0.4, -0.2) is 10.9 Å². The van der Waals surface area contributed by atoms with Gasteiger partial charge in [0.1, 0.15) is 0 Å². The van der Waals surface area contributed by atoms with Crippen molar-refractivity contribution >= 4 is 0 Å². The molecule has 0 radical (unpaired) electrons. The van der Waals surface area contributed by atoms with Gasteiger partial charge in [0.15, 0.2) is 0 Å². The van der Waals surface area contributed by atoms with Crippen LogP contribution in [0.2, 0.25) is 0 Å². The minimum absolute atomic E-state index is 0.419. The molecule has 1 saturated heterocycles. The molecule has 2 aromatic carbocycles. The molecule has 2 atom stereocenters. The Kier molecular flexibility index (Phi) is 3.12. The molecule has 0 spiro atoms. The summed E-state index contributed by atoms with van der Waals surface area (Å²) in [5.41, 5.74) is 4.01. The van der Waals surface area contributed by atoms with Gasteiger partial charge in [0.2, 0.25) is 0 Å². The number of nitrogens with zero attached hydrogens (tertiary/aromatic N) is 1. The highest BCUT2D eigenvalue weighted by Crippen LogP contribution is 2.42. The van der Waals surface area contributed by atoms with Gasteiger partial charge in [0.25, 0.3) is 0 Å². The van der Waals surface area contributed by atoms with Gasteiger partial charge in [-0.15, -0.1) is 0 Å². The number of hydrogen-bond donors (Lipinski definition) is 0. The van der Waals surface area contributed by atoms with E-state index in [1.54, 1.807) is 0 Å². The summed E-state index contributed by atoms with van der Waals surface area (Å²) in [5, 5.41) is 0. The average Bonchev–Trinajstić information content (AvgIpc) is 3.10. The van der Waals surface area contributed by atoms with Crippen LogP contribution >= 0.6 is 0 Å². The Morgan fingerprint density at radius 2 is 1.58 bits per heavy atom. The first-order valence-electron chi connectivity index (χ1n) is 6.83. The van der Waals surface area contributed by atoms with Gasteiger partial charge in [-0.25, -0.2) is 0 Å². The number of hydrogen-bond acceptors (Lipinski definition) is 1. The van der Waals surface area contributed by atoms with E-state index in [0.717, 1.165) is 6.42 Å². The predicted molar refractivity (Wildman–Crippen MR) is 79.8 cm³/mol. The van der Waals surface area contributed by atoms with Crippen LogP contribution in [0, 0.1) is 0 Å². The van der Waals surface area contributed by atoms with Gasteiger partial charge in [-0.2, -0.15) is 0 Å². The van der Waals surface area contributed by atoms with E-state index in [9.17, 15) is 0 Å². The summed E-state index contributed by atoms with van der Waals surface area (Å²) >= 11 is 0. The van der Waals surface area contributed by atoms with E-state index in [4.69, 9.17) is 0 Å². The van der Waals surface area contributed by atoms with E-state index in [1.165, 1.54) is 16.8 Å². The third-order valence-electron chi connectivity index (χ3n) is 3.96. The first kappa shape index (κ1) is 12.0. The van der Waals surface area contributed by atoms with Gasteiger partial charge >= 0.3 is 0 Å². The molecule has 1 heteroatoms. The van der Waals surface area contributed by atoms with E-state index in [2.05, 4.69) is 79.1 Å². The SMILES string of the molecule is C=C1[C@@H](Cc2ccccc2)N1[C@@H](C)c1ccccc1. The monoisotopic (exact) mass is 249 g/mol.